The van der Waals surface area contributed by atoms with Gasteiger partial charge in [-0.1, -0.05) is 23.8 Å². The van der Waals surface area contributed by atoms with Gasteiger partial charge in [-0.05, 0) is 56.3 Å². The Kier molecular flexibility index (Phi) is 3.45. The average Bonchev–Trinajstić information content (AvgIpc) is 3.35. The first kappa shape index (κ1) is 16.2. The van der Waals surface area contributed by atoms with E-state index in [9.17, 15) is 0 Å². The number of hydrogen-bond donors (Lipinski definition) is 0. The molecule has 134 valence electrons. The lowest BCUT2D eigenvalue weighted by Crippen LogP contribution is -2.01. The minimum atomic E-state index is 0.746. The van der Waals surface area contributed by atoms with Crippen LogP contribution in [0.2, 0.25) is 0 Å². The van der Waals surface area contributed by atoms with Crippen LogP contribution in [-0.2, 0) is 0 Å². The summed E-state index contributed by atoms with van der Waals surface area (Å²) in [4.78, 5) is 10.7. The van der Waals surface area contributed by atoms with Crippen LogP contribution in [0.1, 0.15) is 22.4 Å². The Morgan fingerprint density at radius 3 is 2.59 bits per heavy atom. The van der Waals surface area contributed by atoms with E-state index in [1.807, 2.05) is 17.5 Å². The summed E-state index contributed by atoms with van der Waals surface area (Å²) in [6.07, 6.45) is 1.76. The highest BCUT2D eigenvalue weighted by atomic mass is 32.1. The molecule has 0 aliphatic carbocycles. The van der Waals surface area contributed by atoms with E-state index in [4.69, 9.17) is 9.97 Å². The molecule has 0 atom stereocenters. The molecule has 4 aromatic heterocycles. The van der Waals surface area contributed by atoms with Gasteiger partial charge in [0.2, 0.25) is 0 Å². The first-order valence-electron chi connectivity index (χ1n) is 8.89. The number of thiophene rings is 1. The van der Waals surface area contributed by atoms with Gasteiger partial charge in [0, 0.05) is 5.69 Å². The lowest BCUT2D eigenvalue weighted by molar-refractivity contribution is 0.926. The fourth-order valence-electron chi connectivity index (χ4n) is 3.72. The molecule has 4 heterocycles. The van der Waals surface area contributed by atoms with Gasteiger partial charge in [-0.15, -0.1) is 16.4 Å². The quantitative estimate of drug-likeness (QED) is 0.436. The fraction of sp³-hybridized carbons (Fsp3) is 0.190. The smallest absolute Gasteiger partial charge is 0.192 e. The predicted octanol–water partition coefficient (Wildman–Crippen LogP) is 5.03. The molecule has 27 heavy (non-hydrogen) atoms. The highest BCUT2D eigenvalue weighted by molar-refractivity contribution is 7.13. The zero-order valence-corrected chi connectivity index (χ0v) is 16.5. The van der Waals surface area contributed by atoms with Gasteiger partial charge < -0.3 is 0 Å². The zero-order chi connectivity index (χ0) is 18.7. The molecule has 0 radical (unpaired) electrons. The summed E-state index contributed by atoms with van der Waals surface area (Å²) in [5.41, 5.74) is 7.80. The largest absolute Gasteiger partial charge is 0.298 e. The van der Waals surface area contributed by atoms with E-state index in [1.165, 1.54) is 22.4 Å². The van der Waals surface area contributed by atoms with Gasteiger partial charge in [-0.25, -0.2) is 14.5 Å². The summed E-state index contributed by atoms with van der Waals surface area (Å²) in [7, 11) is 0. The minimum Gasteiger partial charge on any atom is -0.298 e. The van der Waals surface area contributed by atoms with Crippen molar-refractivity contribution in [2.75, 3.05) is 0 Å². The van der Waals surface area contributed by atoms with Gasteiger partial charge in [0.15, 0.2) is 17.1 Å². The Bertz CT molecular complexity index is 1310. The Morgan fingerprint density at radius 2 is 1.85 bits per heavy atom. The van der Waals surface area contributed by atoms with Crippen LogP contribution in [-0.4, -0.2) is 24.1 Å². The highest BCUT2D eigenvalue weighted by Gasteiger charge is 2.20. The van der Waals surface area contributed by atoms with Crippen molar-refractivity contribution in [3.8, 4) is 16.4 Å². The van der Waals surface area contributed by atoms with Crippen molar-refractivity contribution >= 4 is 28.0 Å². The Balaban J connectivity index is 1.84. The van der Waals surface area contributed by atoms with Crippen molar-refractivity contribution in [1.82, 2.24) is 24.1 Å². The standard InChI is InChI=1S/C21H19N5S/c1-12-7-8-16(13(2)10-12)26-15(4)14(3)18-20(26)22-11-25-21(18)23-19(24-25)17-6-5-9-27-17/h5-11H,1-4H3. The number of rotatable bonds is 2. The van der Waals surface area contributed by atoms with E-state index >= 15 is 0 Å². The van der Waals surface area contributed by atoms with Crippen molar-refractivity contribution in [3.63, 3.8) is 0 Å². The van der Waals surface area contributed by atoms with Crippen LogP contribution in [0.15, 0.2) is 42.0 Å². The Hall–Kier alpha value is -2.99. The van der Waals surface area contributed by atoms with E-state index < -0.39 is 0 Å². The molecule has 0 bridgehead atoms. The van der Waals surface area contributed by atoms with Crippen molar-refractivity contribution in [1.29, 1.82) is 0 Å². The average molecular weight is 373 g/mol. The molecule has 0 spiro atoms. The van der Waals surface area contributed by atoms with Crippen LogP contribution < -0.4 is 0 Å². The maximum atomic E-state index is 4.84. The van der Waals surface area contributed by atoms with Gasteiger partial charge in [0.25, 0.3) is 0 Å². The number of aryl methyl sites for hydroxylation is 3. The van der Waals surface area contributed by atoms with E-state index in [0.29, 0.717) is 0 Å². The number of benzene rings is 1. The molecule has 0 N–H and O–H groups in total. The summed E-state index contributed by atoms with van der Waals surface area (Å²) in [5, 5.41) is 7.73. The van der Waals surface area contributed by atoms with Crippen molar-refractivity contribution in [3.05, 3.63) is 64.4 Å². The molecule has 1 aromatic carbocycles. The second-order valence-corrected chi connectivity index (χ2v) is 7.91. The maximum Gasteiger partial charge on any atom is 0.192 e. The topological polar surface area (TPSA) is 48.0 Å². The Labute approximate surface area is 160 Å². The van der Waals surface area contributed by atoms with Gasteiger partial charge >= 0.3 is 0 Å². The molecule has 0 saturated heterocycles. The van der Waals surface area contributed by atoms with Crippen LogP contribution in [0.5, 0.6) is 0 Å². The van der Waals surface area contributed by atoms with Gasteiger partial charge in [0.05, 0.1) is 16.0 Å². The number of aromatic nitrogens is 5. The summed E-state index contributed by atoms with van der Waals surface area (Å²) in [6, 6.07) is 10.6. The molecule has 0 unspecified atom stereocenters. The van der Waals surface area contributed by atoms with Crippen LogP contribution in [0.4, 0.5) is 0 Å². The summed E-state index contributed by atoms with van der Waals surface area (Å²) < 4.78 is 4.02. The van der Waals surface area contributed by atoms with Crippen molar-refractivity contribution in [2.45, 2.75) is 27.7 Å². The summed E-state index contributed by atoms with van der Waals surface area (Å²) in [6.45, 7) is 8.54. The first-order chi connectivity index (χ1) is 13.0. The van der Waals surface area contributed by atoms with Gasteiger partial charge in [-0.2, -0.15) is 0 Å². The van der Waals surface area contributed by atoms with Crippen LogP contribution in [0.3, 0.4) is 0 Å². The SMILES string of the molecule is Cc1ccc(-n2c(C)c(C)c3c2ncn2nc(-c4cccs4)nc32)c(C)c1. The molecule has 0 aliphatic heterocycles. The lowest BCUT2D eigenvalue weighted by atomic mass is 10.1. The monoisotopic (exact) mass is 373 g/mol. The predicted molar refractivity (Wildman–Crippen MR) is 110 cm³/mol. The lowest BCUT2D eigenvalue weighted by Gasteiger charge is -2.12. The molecule has 5 aromatic rings. The zero-order valence-electron chi connectivity index (χ0n) is 15.7. The maximum absolute atomic E-state index is 4.84. The van der Waals surface area contributed by atoms with Crippen molar-refractivity contribution < 1.29 is 0 Å². The molecule has 0 fully saturated rings. The molecule has 0 aliphatic rings. The van der Waals surface area contributed by atoms with E-state index in [-0.39, 0.29) is 0 Å². The summed E-state index contributed by atoms with van der Waals surface area (Å²) >= 11 is 1.65. The number of hydrogen-bond acceptors (Lipinski definition) is 4. The molecule has 0 amide bonds. The molecular weight excluding hydrogens is 354 g/mol. The Morgan fingerprint density at radius 1 is 1.00 bits per heavy atom. The van der Waals surface area contributed by atoms with Crippen LogP contribution in [0.25, 0.3) is 33.1 Å². The van der Waals surface area contributed by atoms with Crippen LogP contribution >= 0.6 is 11.3 Å². The summed E-state index contributed by atoms with van der Waals surface area (Å²) in [5.74, 6) is 0.746. The number of fused-ring (bicyclic) bond motifs is 3. The fourth-order valence-corrected chi connectivity index (χ4v) is 4.37. The third-order valence-electron chi connectivity index (χ3n) is 5.17. The third kappa shape index (κ3) is 2.33. The number of nitrogens with zero attached hydrogens (tertiary/aromatic N) is 5. The molecule has 5 rings (SSSR count). The van der Waals surface area contributed by atoms with Gasteiger partial charge in [-0.3, -0.25) is 4.57 Å². The van der Waals surface area contributed by atoms with E-state index in [1.54, 1.807) is 22.2 Å². The third-order valence-corrected chi connectivity index (χ3v) is 6.03. The van der Waals surface area contributed by atoms with Crippen LogP contribution in [0, 0.1) is 27.7 Å². The molecule has 6 heteroatoms. The normalized spacial score (nSPS) is 11.7. The first-order valence-corrected chi connectivity index (χ1v) is 9.77. The molecule has 0 saturated carbocycles. The molecular formula is C21H19N5S. The van der Waals surface area contributed by atoms with Crippen molar-refractivity contribution in [2.24, 2.45) is 0 Å². The van der Waals surface area contributed by atoms with E-state index in [0.717, 1.165) is 33.1 Å². The second kappa shape index (κ2) is 5.76. The second-order valence-electron chi connectivity index (χ2n) is 6.96. The van der Waals surface area contributed by atoms with Gasteiger partial charge in [0.1, 0.15) is 6.33 Å². The molecule has 5 nitrogen and oxygen atoms in total. The highest BCUT2D eigenvalue weighted by Crippen LogP contribution is 2.32. The minimum absolute atomic E-state index is 0.746. The van der Waals surface area contributed by atoms with E-state index in [2.05, 4.69) is 55.6 Å².